The summed E-state index contributed by atoms with van der Waals surface area (Å²) in [5.41, 5.74) is 8.47. The summed E-state index contributed by atoms with van der Waals surface area (Å²) in [5.74, 6) is 0.801. The van der Waals surface area contributed by atoms with Crippen LogP contribution >= 0.6 is 11.3 Å². The van der Waals surface area contributed by atoms with E-state index in [4.69, 9.17) is 0 Å². The van der Waals surface area contributed by atoms with Crippen molar-refractivity contribution in [1.29, 1.82) is 0 Å². The van der Waals surface area contributed by atoms with E-state index in [1.54, 1.807) is 17.7 Å². The maximum Gasteiger partial charge on any atom is 0.127 e. The molecule has 0 aliphatic heterocycles. The van der Waals surface area contributed by atoms with Crippen LogP contribution in [-0.2, 0) is 20.1 Å². The molecule has 0 unspecified atom stereocenters. The van der Waals surface area contributed by atoms with Crippen molar-refractivity contribution in [3.8, 4) is 17.1 Å². The molecule has 0 N–H and O–H groups in total. The van der Waals surface area contributed by atoms with Gasteiger partial charge in [0.2, 0.25) is 0 Å². The van der Waals surface area contributed by atoms with E-state index in [0.29, 0.717) is 0 Å². The molecule has 0 bridgehead atoms. The van der Waals surface area contributed by atoms with Gasteiger partial charge in [-0.25, -0.2) is 0 Å². The summed E-state index contributed by atoms with van der Waals surface area (Å²) in [6, 6.07) is 11.5. The Morgan fingerprint density at radius 3 is 2.58 bits per heavy atom. The molecule has 0 spiro atoms. The SMILES string of the molecule is Cc1cc(C)c(-n2ncnc2-c2[c-]ccc3ncsc23)c(C)c1.[Ir]. The van der Waals surface area contributed by atoms with Crippen LogP contribution in [0.15, 0.2) is 36.1 Å². The third kappa shape index (κ3) is 2.71. The maximum atomic E-state index is 4.50. The first-order valence-electron chi connectivity index (χ1n) is 7.37. The molecule has 24 heavy (non-hydrogen) atoms. The monoisotopic (exact) mass is 512 g/mol. The number of nitrogens with zero attached hydrogens (tertiary/aromatic N) is 4. The summed E-state index contributed by atoms with van der Waals surface area (Å²) in [6.45, 7) is 6.33. The molecule has 4 nitrogen and oxygen atoms in total. The first-order valence-corrected chi connectivity index (χ1v) is 8.25. The normalized spacial score (nSPS) is 10.8. The summed E-state index contributed by atoms with van der Waals surface area (Å²) in [6.07, 6.45) is 1.60. The van der Waals surface area contributed by atoms with Gasteiger partial charge >= 0.3 is 0 Å². The van der Waals surface area contributed by atoms with E-state index in [-0.39, 0.29) is 20.1 Å². The Morgan fingerprint density at radius 1 is 1.08 bits per heavy atom. The Morgan fingerprint density at radius 2 is 1.83 bits per heavy atom. The number of fused-ring (bicyclic) bond motifs is 1. The molecule has 0 saturated carbocycles. The number of benzene rings is 2. The molecule has 4 aromatic rings. The van der Waals surface area contributed by atoms with Crippen molar-refractivity contribution < 1.29 is 20.1 Å². The van der Waals surface area contributed by atoms with Gasteiger partial charge in [0, 0.05) is 20.1 Å². The van der Waals surface area contributed by atoms with Gasteiger partial charge in [0.1, 0.15) is 6.33 Å². The third-order valence-corrected chi connectivity index (χ3v) is 4.77. The van der Waals surface area contributed by atoms with E-state index in [2.05, 4.69) is 54.0 Å². The van der Waals surface area contributed by atoms with Gasteiger partial charge in [0.15, 0.2) is 0 Å². The van der Waals surface area contributed by atoms with Crippen LogP contribution in [0.3, 0.4) is 0 Å². The van der Waals surface area contributed by atoms with Crippen LogP contribution in [-0.4, -0.2) is 19.7 Å². The average molecular weight is 512 g/mol. The molecule has 123 valence electrons. The molecule has 4 rings (SSSR count). The molecule has 0 atom stereocenters. The van der Waals surface area contributed by atoms with E-state index in [1.165, 1.54) is 16.7 Å². The van der Waals surface area contributed by atoms with Gasteiger partial charge in [-0.15, -0.1) is 18.2 Å². The maximum absolute atomic E-state index is 4.50. The van der Waals surface area contributed by atoms with Gasteiger partial charge in [0.05, 0.1) is 17.0 Å². The van der Waals surface area contributed by atoms with Crippen LogP contribution < -0.4 is 0 Å². The molecule has 2 aromatic carbocycles. The minimum absolute atomic E-state index is 0. The van der Waals surface area contributed by atoms with Crippen LogP contribution in [0.2, 0.25) is 0 Å². The van der Waals surface area contributed by atoms with Gasteiger partial charge in [-0.1, -0.05) is 23.3 Å². The summed E-state index contributed by atoms with van der Waals surface area (Å²) in [7, 11) is 0. The molecule has 0 fully saturated rings. The Hall–Kier alpha value is -1.88. The van der Waals surface area contributed by atoms with Crippen LogP contribution in [0.5, 0.6) is 0 Å². The van der Waals surface area contributed by atoms with Crippen molar-refractivity contribution in [1.82, 2.24) is 19.7 Å². The second kappa shape index (κ2) is 6.55. The largest absolute Gasteiger partial charge is 0.265 e. The van der Waals surface area contributed by atoms with Gasteiger partial charge in [-0.2, -0.15) is 16.4 Å². The first kappa shape index (κ1) is 17.0. The topological polar surface area (TPSA) is 43.6 Å². The number of hydrogen-bond donors (Lipinski definition) is 0. The summed E-state index contributed by atoms with van der Waals surface area (Å²) >= 11 is 1.60. The van der Waals surface area contributed by atoms with Crippen molar-refractivity contribution in [3.05, 3.63) is 58.9 Å². The minimum atomic E-state index is 0. The Kier molecular flexibility index (Phi) is 4.63. The number of aryl methyl sites for hydroxylation is 3. The van der Waals surface area contributed by atoms with E-state index in [1.807, 2.05) is 22.3 Å². The van der Waals surface area contributed by atoms with Crippen LogP contribution in [0.1, 0.15) is 16.7 Å². The van der Waals surface area contributed by atoms with Crippen molar-refractivity contribution in [3.63, 3.8) is 0 Å². The van der Waals surface area contributed by atoms with Crippen molar-refractivity contribution >= 4 is 21.6 Å². The first-order chi connectivity index (χ1) is 11.1. The van der Waals surface area contributed by atoms with Crippen LogP contribution in [0, 0.1) is 26.8 Å². The zero-order chi connectivity index (χ0) is 16.0. The van der Waals surface area contributed by atoms with Gasteiger partial charge in [0.25, 0.3) is 0 Å². The number of hydrogen-bond acceptors (Lipinski definition) is 4. The quantitative estimate of drug-likeness (QED) is 0.378. The summed E-state index contributed by atoms with van der Waals surface area (Å²) in [5, 5.41) is 4.48. The fraction of sp³-hybridized carbons (Fsp3) is 0.167. The minimum Gasteiger partial charge on any atom is -0.265 e. The zero-order valence-electron chi connectivity index (χ0n) is 13.5. The predicted molar refractivity (Wildman–Crippen MR) is 93.0 cm³/mol. The van der Waals surface area contributed by atoms with Crippen LogP contribution in [0.25, 0.3) is 27.3 Å². The standard InChI is InChI=1S/C18H15N4S.Ir/c1-11-7-12(2)16(13(3)8-11)22-18(19-9-21-22)14-5-4-6-15-17(14)23-10-20-15;/h4,6-10H,1-3H3;/q-1;. The second-order valence-corrected chi connectivity index (χ2v) is 6.52. The van der Waals surface area contributed by atoms with Crippen molar-refractivity contribution in [2.45, 2.75) is 20.8 Å². The number of aromatic nitrogens is 4. The van der Waals surface area contributed by atoms with E-state index in [9.17, 15) is 0 Å². The average Bonchev–Trinajstić information content (AvgIpc) is 3.14. The van der Waals surface area contributed by atoms with Gasteiger partial charge in [-0.05, 0) is 42.1 Å². The molecule has 0 aliphatic rings. The molecule has 0 amide bonds. The molecular formula is C18H15IrN4S-. The second-order valence-electron chi connectivity index (χ2n) is 5.66. The molecule has 2 heterocycles. The van der Waals surface area contributed by atoms with Crippen molar-refractivity contribution in [2.75, 3.05) is 0 Å². The fourth-order valence-electron chi connectivity index (χ4n) is 3.08. The molecule has 6 heteroatoms. The predicted octanol–water partition coefficient (Wildman–Crippen LogP) is 4.27. The molecular weight excluding hydrogens is 497 g/mol. The van der Waals surface area contributed by atoms with E-state index in [0.717, 1.165) is 27.3 Å². The van der Waals surface area contributed by atoms with Crippen molar-refractivity contribution in [2.24, 2.45) is 0 Å². The third-order valence-electron chi connectivity index (χ3n) is 3.91. The smallest absolute Gasteiger partial charge is 0.127 e. The summed E-state index contributed by atoms with van der Waals surface area (Å²) in [4.78, 5) is 8.88. The van der Waals surface area contributed by atoms with Gasteiger partial charge < -0.3 is 0 Å². The van der Waals surface area contributed by atoms with Gasteiger partial charge in [-0.3, -0.25) is 14.6 Å². The molecule has 1 radical (unpaired) electrons. The zero-order valence-corrected chi connectivity index (χ0v) is 16.7. The molecule has 0 saturated heterocycles. The molecule has 0 aliphatic carbocycles. The molecule has 2 aromatic heterocycles. The summed E-state index contributed by atoms with van der Waals surface area (Å²) < 4.78 is 3.00. The van der Waals surface area contributed by atoms with E-state index >= 15 is 0 Å². The fourth-order valence-corrected chi connectivity index (χ4v) is 3.86. The Balaban J connectivity index is 0.00000169. The Bertz CT molecular complexity index is 996. The van der Waals surface area contributed by atoms with E-state index < -0.39 is 0 Å². The Labute approximate surface area is 157 Å². The number of thiazole rings is 1. The number of rotatable bonds is 2. The van der Waals surface area contributed by atoms with Crippen LogP contribution in [0.4, 0.5) is 0 Å².